The Morgan fingerprint density at radius 2 is 1.81 bits per heavy atom. The van der Waals surface area contributed by atoms with E-state index < -0.39 is 0 Å². The van der Waals surface area contributed by atoms with Gasteiger partial charge in [-0.25, -0.2) is 0 Å². The molecule has 1 heteroatoms. The molecule has 1 aliphatic carbocycles. The van der Waals surface area contributed by atoms with Crippen molar-refractivity contribution in [3.05, 3.63) is 48.0 Å². The summed E-state index contributed by atoms with van der Waals surface area (Å²) in [6, 6.07) is 17.7. The second-order valence-electron chi connectivity index (χ2n) is 6.56. The van der Waals surface area contributed by atoms with Gasteiger partial charge in [-0.1, -0.05) is 55.8 Å². The lowest BCUT2D eigenvalue weighted by molar-refractivity contribution is 0.205. The van der Waals surface area contributed by atoms with Crippen molar-refractivity contribution in [3.63, 3.8) is 0 Å². The second-order valence-corrected chi connectivity index (χ2v) is 6.56. The molecule has 2 aromatic rings. The van der Waals surface area contributed by atoms with E-state index in [1.807, 2.05) is 0 Å². The van der Waals surface area contributed by atoms with Crippen LogP contribution in [0.2, 0.25) is 0 Å². The van der Waals surface area contributed by atoms with Gasteiger partial charge in [0.15, 0.2) is 0 Å². The van der Waals surface area contributed by atoms with Crippen LogP contribution in [0.5, 0.6) is 0 Å². The van der Waals surface area contributed by atoms with E-state index in [-0.39, 0.29) is 5.41 Å². The van der Waals surface area contributed by atoms with Gasteiger partial charge in [-0.05, 0) is 54.4 Å². The van der Waals surface area contributed by atoms with Gasteiger partial charge in [-0.3, -0.25) is 0 Å². The van der Waals surface area contributed by atoms with Crippen molar-refractivity contribution in [2.75, 3.05) is 0 Å². The molecule has 1 aliphatic rings. The molecule has 1 saturated carbocycles. The Labute approximate surface area is 127 Å². The van der Waals surface area contributed by atoms with Crippen molar-refractivity contribution < 1.29 is 0 Å². The zero-order valence-electron chi connectivity index (χ0n) is 12.8. The Bertz CT molecular complexity index is 652. The minimum atomic E-state index is -0.143. The van der Waals surface area contributed by atoms with Gasteiger partial charge in [-0.15, -0.1) is 0 Å². The first-order valence-electron chi connectivity index (χ1n) is 8.14. The largest absolute Gasteiger partial charge is 0.198 e. The van der Waals surface area contributed by atoms with E-state index in [0.29, 0.717) is 0 Å². The van der Waals surface area contributed by atoms with Crippen LogP contribution in [0.1, 0.15) is 44.6 Å². The monoisotopic (exact) mass is 277 g/mol. The molecule has 0 aliphatic heterocycles. The van der Waals surface area contributed by atoms with Crippen LogP contribution in [-0.2, 0) is 6.42 Å². The van der Waals surface area contributed by atoms with Crippen molar-refractivity contribution in [2.24, 2.45) is 11.3 Å². The van der Waals surface area contributed by atoms with Crippen LogP contribution in [0.25, 0.3) is 10.8 Å². The van der Waals surface area contributed by atoms with Crippen LogP contribution in [0.15, 0.2) is 42.5 Å². The zero-order chi connectivity index (χ0) is 14.7. The molecule has 21 heavy (non-hydrogen) atoms. The summed E-state index contributed by atoms with van der Waals surface area (Å²) in [7, 11) is 0. The molecule has 1 fully saturated rings. The molecule has 108 valence electrons. The summed E-state index contributed by atoms with van der Waals surface area (Å²) in [5.41, 5.74) is 1.19. The van der Waals surface area contributed by atoms with Crippen molar-refractivity contribution in [1.29, 1.82) is 5.26 Å². The summed E-state index contributed by atoms with van der Waals surface area (Å²) in [4.78, 5) is 0. The van der Waals surface area contributed by atoms with Crippen molar-refractivity contribution in [3.8, 4) is 6.07 Å². The first-order valence-corrected chi connectivity index (χ1v) is 8.14. The van der Waals surface area contributed by atoms with E-state index in [1.54, 1.807) is 0 Å². The first-order chi connectivity index (χ1) is 10.3. The summed E-state index contributed by atoms with van der Waals surface area (Å²) in [5, 5.41) is 12.4. The van der Waals surface area contributed by atoms with Gasteiger partial charge < -0.3 is 0 Å². The lowest BCUT2D eigenvalue weighted by Gasteiger charge is -2.35. The highest BCUT2D eigenvalue weighted by Gasteiger charge is 2.35. The van der Waals surface area contributed by atoms with Crippen LogP contribution in [-0.4, -0.2) is 0 Å². The summed E-state index contributed by atoms with van der Waals surface area (Å²) in [6.07, 6.45) is 6.72. The van der Waals surface area contributed by atoms with Gasteiger partial charge in [0.05, 0.1) is 11.5 Å². The van der Waals surface area contributed by atoms with Gasteiger partial charge in [0.2, 0.25) is 0 Å². The molecule has 0 bridgehead atoms. The molecule has 0 aromatic heterocycles. The van der Waals surface area contributed by atoms with Crippen molar-refractivity contribution in [2.45, 2.75) is 45.4 Å². The molecule has 0 unspecified atom stereocenters. The zero-order valence-corrected chi connectivity index (χ0v) is 12.8. The lowest BCUT2D eigenvalue weighted by Crippen LogP contribution is -2.28. The molecule has 0 heterocycles. The first kappa shape index (κ1) is 14.1. The second kappa shape index (κ2) is 5.90. The standard InChI is InChI=1S/C20H23N/c1-2-16-10-12-20(15-21,13-11-16)14-18-8-5-7-17-6-3-4-9-19(17)18/h3-9,16H,2,10-14H2,1H3. The topological polar surface area (TPSA) is 23.8 Å². The summed E-state index contributed by atoms with van der Waals surface area (Å²) in [6.45, 7) is 2.27. The molecule has 1 nitrogen and oxygen atoms in total. The summed E-state index contributed by atoms with van der Waals surface area (Å²) in [5.74, 6) is 0.832. The van der Waals surface area contributed by atoms with Gasteiger partial charge in [-0.2, -0.15) is 5.26 Å². The van der Waals surface area contributed by atoms with E-state index >= 15 is 0 Å². The van der Waals surface area contributed by atoms with E-state index in [4.69, 9.17) is 0 Å². The highest BCUT2D eigenvalue weighted by molar-refractivity contribution is 5.85. The summed E-state index contributed by atoms with van der Waals surface area (Å²) < 4.78 is 0. The fourth-order valence-electron chi connectivity index (χ4n) is 3.78. The van der Waals surface area contributed by atoms with Gasteiger partial charge in [0.25, 0.3) is 0 Å². The molecule has 0 radical (unpaired) electrons. The molecular weight excluding hydrogens is 254 g/mol. The SMILES string of the molecule is CCC1CCC(C#N)(Cc2cccc3ccccc23)CC1. The lowest BCUT2D eigenvalue weighted by atomic mass is 9.67. The number of fused-ring (bicyclic) bond motifs is 1. The molecule has 0 amide bonds. The fraction of sp³-hybridized carbons (Fsp3) is 0.450. The Morgan fingerprint density at radius 3 is 2.52 bits per heavy atom. The van der Waals surface area contributed by atoms with Crippen LogP contribution in [0, 0.1) is 22.7 Å². The number of benzene rings is 2. The maximum Gasteiger partial charge on any atom is 0.0693 e. The molecule has 0 saturated heterocycles. The van der Waals surface area contributed by atoms with Gasteiger partial charge in [0, 0.05) is 0 Å². The van der Waals surface area contributed by atoms with Crippen molar-refractivity contribution in [1.82, 2.24) is 0 Å². The predicted octanol–water partition coefficient (Wildman–Crippen LogP) is 5.49. The van der Waals surface area contributed by atoms with Gasteiger partial charge >= 0.3 is 0 Å². The molecule has 0 atom stereocenters. The maximum absolute atomic E-state index is 9.78. The fourth-order valence-corrected chi connectivity index (χ4v) is 3.78. The van der Waals surface area contributed by atoms with E-state index in [1.165, 1.54) is 35.6 Å². The van der Waals surface area contributed by atoms with Gasteiger partial charge in [0.1, 0.15) is 0 Å². The Balaban J connectivity index is 1.89. The highest BCUT2D eigenvalue weighted by Crippen LogP contribution is 2.42. The maximum atomic E-state index is 9.78. The average Bonchev–Trinajstić information content (AvgIpc) is 2.56. The predicted molar refractivity (Wildman–Crippen MR) is 87.9 cm³/mol. The third-order valence-corrected chi connectivity index (χ3v) is 5.29. The Kier molecular flexibility index (Phi) is 3.97. The molecule has 0 spiro atoms. The average molecular weight is 277 g/mol. The minimum Gasteiger partial charge on any atom is -0.198 e. The highest BCUT2D eigenvalue weighted by atomic mass is 14.4. The molecule has 3 rings (SSSR count). The Morgan fingerprint density at radius 1 is 1.10 bits per heavy atom. The molecule has 2 aromatic carbocycles. The quantitative estimate of drug-likeness (QED) is 0.727. The van der Waals surface area contributed by atoms with Crippen LogP contribution >= 0.6 is 0 Å². The number of nitriles is 1. The molecule has 0 N–H and O–H groups in total. The van der Waals surface area contributed by atoms with E-state index in [2.05, 4.69) is 55.5 Å². The summed E-state index contributed by atoms with van der Waals surface area (Å²) >= 11 is 0. The van der Waals surface area contributed by atoms with E-state index in [0.717, 1.165) is 25.2 Å². The number of nitrogens with zero attached hydrogens (tertiary/aromatic N) is 1. The van der Waals surface area contributed by atoms with Crippen LogP contribution in [0.4, 0.5) is 0 Å². The number of hydrogen-bond acceptors (Lipinski definition) is 1. The smallest absolute Gasteiger partial charge is 0.0693 e. The minimum absolute atomic E-state index is 0.143. The third-order valence-electron chi connectivity index (χ3n) is 5.29. The number of hydrogen-bond donors (Lipinski definition) is 0. The Hall–Kier alpha value is -1.81. The number of rotatable bonds is 3. The van der Waals surface area contributed by atoms with Crippen molar-refractivity contribution >= 4 is 10.8 Å². The normalized spacial score (nSPS) is 25.6. The third kappa shape index (κ3) is 2.81. The molecular formula is C20H23N. The van der Waals surface area contributed by atoms with Crippen LogP contribution < -0.4 is 0 Å². The van der Waals surface area contributed by atoms with E-state index in [9.17, 15) is 5.26 Å². The van der Waals surface area contributed by atoms with Crippen LogP contribution in [0.3, 0.4) is 0 Å².